The molecule has 0 saturated heterocycles. The quantitative estimate of drug-likeness (QED) is 0.113. The van der Waals surface area contributed by atoms with E-state index in [9.17, 15) is 0 Å². The van der Waals surface area contributed by atoms with E-state index >= 15 is 0 Å². The highest BCUT2D eigenvalue weighted by Gasteiger charge is 2.50. The number of rotatable bonds is 12. The molecule has 112 heavy (non-hydrogen) atoms. The van der Waals surface area contributed by atoms with Crippen molar-refractivity contribution in [1.82, 2.24) is 0 Å². The third-order valence-corrected chi connectivity index (χ3v) is 25.6. The summed E-state index contributed by atoms with van der Waals surface area (Å²) in [7, 11) is 0. The fourth-order valence-electron chi connectivity index (χ4n) is 18.8. The predicted molar refractivity (Wildman–Crippen MR) is 481 cm³/mol. The molecule has 0 spiro atoms. The van der Waals surface area contributed by atoms with E-state index in [1.165, 1.54) is 73.1 Å². The Hall–Kier alpha value is -13.9. The van der Waals surface area contributed by atoms with Gasteiger partial charge in [-0.05, 0) is 183 Å². The van der Waals surface area contributed by atoms with Gasteiger partial charge in [0, 0.05) is 125 Å². The van der Waals surface area contributed by atoms with Gasteiger partial charge in [-0.25, -0.2) is 0 Å². The fourth-order valence-corrected chi connectivity index (χ4v) is 21.1. The largest absolute Gasteiger partial charge is 0.311 e. The molecule has 19 aromatic rings. The maximum atomic E-state index is 2.67. The smallest absolute Gasteiger partial charge is 0.252 e. The minimum atomic E-state index is -0.274. The van der Waals surface area contributed by atoms with Crippen LogP contribution in [0.1, 0.15) is 0 Å². The van der Waals surface area contributed by atoms with Gasteiger partial charge in [0.2, 0.25) is 0 Å². The van der Waals surface area contributed by atoms with Crippen LogP contribution in [0.15, 0.2) is 400 Å². The van der Waals surface area contributed by atoms with Gasteiger partial charge >= 0.3 is 0 Å². The lowest BCUT2D eigenvalue weighted by molar-refractivity contribution is 1.22. The topological polar surface area (TPSA) is 19.4 Å². The Morgan fingerprint density at radius 3 is 1.11 bits per heavy atom. The molecule has 0 amide bonds. The summed E-state index contributed by atoms with van der Waals surface area (Å²) >= 11 is 3.73. The molecule has 0 aliphatic carbocycles. The lowest BCUT2D eigenvalue weighted by atomic mass is 9.30. The van der Waals surface area contributed by atoms with Crippen molar-refractivity contribution >= 4 is 212 Å². The van der Waals surface area contributed by atoms with Crippen LogP contribution in [0, 0.1) is 0 Å². The molecule has 0 atom stereocenters. The van der Waals surface area contributed by atoms with Gasteiger partial charge in [-0.1, -0.05) is 261 Å². The summed E-state index contributed by atoms with van der Waals surface area (Å²) in [6.45, 7) is -0.513. The van der Waals surface area contributed by atoms with Gasteiger partial charge in [-0.3, -0.25) is 0 Å². The van der Waals surface area contributed by atoms with Crippen LogP contribution >= 0.6 is 22.7 Å². The molecule has 2 aromatic heterocycles. The van der Waals surface area contributed by atoms with E-state index in [1.807, 2.05) is 22.7 Å². The molecular formula is C102H66B2N6S2. The molecule has 6 nitrogen and oxygen atoms in total. The zero-order valence-electron chi connectivity index (χ0n) is 60.8. The van der Waals surface area contributed by atoms with Crippen LogP contribution in [0.25, 0.3) is 62.6 Å². The summed E-state index contributed by atoms with van der Waals surface area (Å²) in [5, 5.41) is 4.96. The van der Waals surface area contributed by atoms with Crippen LogP contribution in [-0.4, -0.2) is 13.4 Å². The third kappa shape index (κ3) is 9.92. The van der Waals surface area contributed by atoms with Gasteiger partial charge in [0.15, 0.2) is 0 Å². The van der Waals surface area contributed by atoms with Gasteiger partial charge in [-0.15, -0.1) is 22.7 Å². The zero-order valence-corrected chi connectivity index (χ0v) is 62.4. The number of benzene rings is 17. The van der Waals surface area contributed by atoms with E-state index in [0.717, 1.165) is 125 Å². The average molecular weight is 1460 g/mol. The molecule has 23 rings (SSSR count). The number of fused-ring (bicyclic) bond motifs is 14. The third-order valence-electron chi connectivity index (χ3n) is 23.3. The van der Waals surface area contributed by atoms with Crippen LogP contribution in [0.5, 0.6) is 0 Å². The number of para-hydroxylation sites is 8. The van der Waals surface area contributed by atoms with E-state index in [4.69, 9.17) is 0 Å². The SMILES string of the molecule is c1ccc(-c2cccc(-c3ccccc3)c2N2c3ccccc3B3c4cc5c(cc4N(c4ccccc4)c4cc(N(c6ccccc6)c6cccc7sc8ccccc8c67)cc2c43)N(c2ccccc2)c2cc(N(c3ccccc3)c3ccccc3)cc3c2B5c2ccccc2N3c2cccc3sc4ccccc4c23)cc1. The highest BCUT2D eigenvalue weighted by molar-refractivity contribution is 7.26. The summed E-state index contributed by atoms with van der Waals surface area (Å²) in [4.78, 5) is 15.5. The highest BCUT2D eigenvalue weighted by Crippen LogP contribution is 2.56. The van der Waals surface area contributed by atoms with E-state index in [-0.39, 0.29) is 13.4 Å². The predicted octanol–water partition coefficient (Wildman–Crippen LogP) is 24.9. The lowest BCUT2D eigenvalue weighted by Crippen LogP contribution is -2.65. The van der Waals surface area contributed by atoms with Crippen molar-refractivity contribution in [2.75, 3.05) is 29.4 Å². The van der Waals surface area contributed by atoms with Gasteiger partial charge < -0.3 is 29.4 Å². The van der Waals surface area contributed by atoms with Gasteiger partial charge in [0.05, 0.1) is 28.4 Å². The molecule has 0 saturated carbocycles. The number of thiophene rings is 2. The molecule has 6 heterocycles. The molecule has 17 aromatic carbocycles. The first-order valence-corrected chi connectivity index (χ1v) is 40.1. The minimum absolute atomic E-state index is 0.239. The molecule has 0 radical (unpaired) electrons. The fraction of sp³-hybridized carbons (Fsp3) is 0. The summed E-state index contributed by atoms with van der Waals surface area (Å²) in [5.74, 6) is 0. The average Bonchev–Trinajstić information content (AvgIpc) is 0.707. The maximum Gasteiger partial charge on any atom is 0.252 e. The van der Waals surface area contributed by atoms with Crippen molar-refractivity contribution in [3.63, 3.8) is 0 Å². The first-order chi connectivity index (χ1) is 55.6. The molecule has 10 heteroatoms. The summed E-state index contributed by atoms with van der Waals surface area (Å²) < 4.78 is 5.02. The Morgan fingerprint density at radius 2 is 0.589 bits per heavy atom. The number of nitrogens with zero attached hydrogens (tertiary/aromatic N) is 6. The number of hydrogen-bond donors (Lipinski definition) is 0. The second-order valence-electron chi connectivity index (χ2n) is 29.4. The monoisotopic (exact) mass is 1460 g/mol. The van der Waals surface area contributed by atoms with Crippen molar-refractivity contribution in [2.45, 2.75) is 0 Å². The Bertz CT molecular complexity index is 6850. The van der Waals surface area contributed by atoms with E-state index < -0.39 is 0 Å². The molecule has 0 N–H and O–H groups in total. The molecule has 0 unspecified atom stereocenters. The first-order valence-electron chi connectivity index (χ1n) is 38.5. The molecule has 522 valence electrons. The second-order valence-corrected chi connectivity index (χ2v) is 31.5. The standard InChI is InChI=1S/C102H66B2N6S2/c1-8-33-67(34-9-1)76-49-30-50-77(68-35-10-2-11-36-68)102(76)110-85-54-27-25-52-81(85)104-83-65-82-88(66-89(83)108(73-45-20-7-21-46-73)91-63-75(64-93(110)101(91)104)106(71-41-16-5-17-42-71)86-55-31-59-96-98(86)78-47-22-28-57-94(78)111-96)107(72-43-18-6-19-44-72)90-61-74(105(69-37-12-3-13-38-69)70-39-14-4-15-40-70)62-92-100(90)103(82)80-51-24-26-53-84(80)109(92)87-56-32-60-97-99(87)79-48-23-29-58-95(79)112-97/h1-66H. The molecule has 4 aliphatic rings. The maximum absolute atomic E-state index is 2.67. The summed E-state index contributed by atoms with van der Waals surface area (Å²) in [6, 6.07) is 150. The molecule has 0 fully saturated rings. The van der Waals surface area contributed by atoms with E-state index in [0.29, 0.717) is 0 Å². The summed E-state index contributed by atoms with van der Waals surface area (Å²) in [5.41, 5.74) is 31.6. The van der Waals surface area contributed by atoms with Crippen LogP contribution in [0.2, 0.25) is 0 Å². The van der Waals surface area contributed by atoms with Crippen molar-refractivity contribution in [2.24, 2.45) is 0 Å². The van der Waals surface area contributed by atoms with Crippen molar-refractivity contribution in [1.29, 1.82) is 0 Å². The minimum Gasteiger partial charge on any atom is -0.311 e. The second kappa shape index (κ2) is 25.9. The number of hydrogen-bond acceptors (Lipinski definition) is 8. The van der Waals surface area contributed by atoms with Gasteiger partial charge in [0.25, 0.3) is 13.4 Å². The Labute approximate surface area is 658 Å². The van der Waals surface area contributed by atoms with Crippen LogP contribution in [-0.2, 0) is 0 Å². The van der Waals surface area contributed by atoms with Crippen LogP contribution in [0.4, 0.5) is 102 Å². The Kier molecular flexibility index (Phi) is 14.8. The van der Waals surface area contributed by atoms with Crippen LogP contribution < -0.4 is 62.2 Å². The molecular weight excluding hydrogens is 1390 g/mol. The Balaban J connectivity index is 0.854. The zero-order chi connectivity index (χ0) is 73.5. The van der Waals surface area contributed by atoms with Gasteiger partial charge in [0.1, 0.15) is 0 Å². The first kappa shape index (κ1) is 64.1. The normalized spacial score (nSPS) is 12.9. The Morgan fingerprint density at radius 1 is 0.223 bits per heavy atom. The number of anilines is 18. The molecule has 0 bridgehead atoms. The van der Waals surface area contributed by atoms with Crippen LogP contribution in [0.3, 0.4) is 0 Å². The van der Waals surface area contributed by atoms with Gasteiger partial charge in [-0.2, -0.15) is 0 Å². The summed E-state index contributed by atoms with van der Waals surface area (Å²) in [6.07, 6.45) is 0. The van der Waals surface area contributed by atoms with Crippen molar-refractivity contribution < 1.29 is 0 Å². The van der Waals surface area contributed by atoms with Crippen molar-refractivity contribution in [3.05, 3.63) is 400 Å². The molecule has 4 aliphatic heterocycles. The van der Waals surface area contributed by atoms with E-state index in [2.05, 4.69) is 430 Å². The highest BCUT2D eigenvalue weighted by atomic mass is 32.1. The lowest BCUT2D eigenvalue weighted by Gasteiger charge is -2.48. The van der Waals surface area contributed by atoms with E-state index in [1.54, 1.807) is 0 Å². The van der Waals surface area contributed by atoms with Crippen molar-refractivity contribution in [3.8, 4) is 22.3 Å².